The van der Waals surface area contributed by atoms with E-state index in [4.69, 9.17) is 11.6 Å². The summed E-state index contributed by atoms with van der Waals surface area (Å²) in [5.74, 6) is 0. The molecule has 0 amide bonds. The highest BCUT2D eigenvalue weighted by Crippen LogP contribution is 2.26. The minimum atomic E-state index is -0.761. The number of halogens is 1. The van der Waals surface area contributed by atoms with Crippen LogP contribution in [0.5, 0.6) is 0 Å². The van der Waals surface area contributed by atoms with Crippen LogP contribution in [0.15, 0.2) is 36.8 Å². The predicted octanol–water partition coefficient (Wildman–Crippen LogP) is 2.52. The second kappa shape index (κ2) is 4.60. The maximum Gasteiger partial charge on any atom is 0.107 e. The fraction of sp³-hybridized carbons (Fsp3) is 0.167. The van der Waals surface area contributed by atoms with Crippen LogP contribution in [0.4, 0.5) is 0 Å². The normalized spacial score (nSPS) is 12.4. The van der Waals surface area contributed by atoms with E-state index in [9.17, 15) is 5.11 Å². The van der Waals surface area contributed by atoms with Crippen LogP contribution in [0.3, 0.4) is 0 Å². The summed E-state index contributed by atoms with van der Waals surface area (Å²) >= 11 is 5.96. The molecule has 0 aliphatic carbocycles. The number of aliphatic hydroxyl groups is 1. The summed E-state index contributed by atoms with van der Waals surface area (Å²) in [5.41, 5.74) is 2.28. The summed E-state index contributed by atoms with van der Waals surface area (Å²) in [6, 6.07) is 5.39. The number of pyridine rings is 2. The maximum atomic E-state index is 10.1. The number of aromatic nitrogens is 2. The van der Waals surface area contributed by atoms with Gasteiger partial charge in [-0.2, -0.15) is 0 Å². The van der Waals surface area contributed by atoms with E-state index in [1.807, 2.05) is 19.1 Å². The van der Waals surface area contributed by atoms with Crippen molar-refractivity contribution in [3.05, 3.63) is 58.6 Å². The minimum Gasteiger partial charge on any atom is -0.384 e. The van der Waals surface area contributed by atoms with Gasteiger partial charge < -0.3 is 5.11 Å². The van der Waals surface area contributed by atoms with Crippen molar-refractivity contribution in [1.29, 1.82) is 0 Å². The minimum absolute atomic E-state index is 0.454. The lowest BCUT2D eigenvalue weighted by Crippen LogP contribution is -2.01. The molecule has 82 valence electrons. The van der Waals surface area contributed by atoms with Gasteiger partial charge in [0, 0.05) is 35.4 Å². The molecule has 0 aliphatic rings. The molecule has 0 bridgehead atoms. The Balaban J connectivity index is 2.35. The summed E-state index contributed by atoms with van der Waals surface area (Å²) in [7, 11) is 0. The highest BCUT2D eigenvalue weighted by Gasteiger charge is 2.13. The Morgan fingerprint density at radius 1 is 1.25 bits per heavy atom. The van der Waals surface area contributed by atoms with Crippen molar-refractivity contribution in [3.63, 3.8) is 0 Å². The third kappa shape index (κ3) is 2.21. The summed E-state index contributed by atoms with van der Waals surface area (Å²) in [6.07, 6.45) is 4.01. The molecule has 1 unspecified atom stereocenters. The lowest BCUT2D eigenvalue weighted by Gasteiger charge is -2.12. The predicted molar refractivity (Wildman–Crippen MR) is 62.3 cm³/mol. The monoisotopic (exact) mass is 234 g/mol. The molecule has 4 heteroatoms. The molecule has 16 heavy (non-hydrogen) atoms. The average molecular weight is 235 g/mol. The molecule has 0 saturated heterocycles. The molecule has 2 rings (SSSR count). The zero-order chi connectivity index (χ0) is 11.5. The van der Waals surface area contributed by atoms with Crippen molar-refractivity contribution in [2.24, 2.45) is 0 Å². The third-order valence-electron chi connectivity index (χ3n) is 2.35. The van der Waals surface area contributed by atoms with Crippen molar-refractivity contribution in [3.8, 4) is 0 Å². The first-order chi connectivity index (χ1) is 7.68. The maximum absolute atomic E-state index is 10.1. The van der Waals surface area contributed by atoms with E-state index in [2.05, 4.69) is 9.97 Å². The Morgan fingerprint density at radius 2 is 2.06 bits per heavy atom. The zero-order valence-electron chi connectivity index (χ0n) is 8.76. The Labute approximate surface area is 98.8 Å². The van der Waals surface area contributed by atoms with E-state index in [1.54, 1.807) is 18.5 Å². The Bertz CT molecular complexity index is 485. The molecule has 0 fully saturated rings. The van der Waals surface area contributed by atoms with Gasteiger partial charge in [0.15, 0.2) is 0 Å². The highest BCUT2D eigenvalue weighted by molar-refractivity contribution is 6.31. The van der Waals surface area contributed by atoms with Crippen LogP contribution >= 0.6 is 11.6 Å². The topological polar surface area (TPSA) is 46.0 Å². The molecular weight excluding hydrogens is 224 g/mol. The number of nitrogens with zero attached hydrogens (tertiary/aromatic N) is 2. The smallest absolute Gasteiger partial charge is 0.107 e. The second-order valence-electron chi connectivity index (χ2n) is 3.53. The lowest BCUT2D eigenvalue weighted by molar-refractivity contribution is 0.220. The molecular formula is C12H11ClN2O. The van der Waals surface area contributed by atoms with Gasteiger partial charge in [0.2, 0.25) is 0 Å². The molecule has 0 radical (unpaired) electrons. The largest absolute Gasteiger partial charge is 0.384 e. The van der Waals surface area contributed by atoms with Gasteiger partial charge in [0.25, 0.3) is 0 Å². The first kappa shape index (κ1) is 11.0. The average Bonchev–Trinajstić information content (AvgIpc) is 2.30. The molecule has 2 aromatic rings. The van der Waals surface area contributed by atoms with Gasteiger partial charge >= 0.3 is 0 Å². The number of hydrogen-bond acceptors (Lipinski definition) is 3. The number of hydrogen-bond donors (Lipinski definition) is 1. The Hall–Kier alpha value is -1.45. The lowest BCUT2D eigenvalue weighted by atomic mass is 10.0. The van der Waals surface area contributed by atoms with Gasteiger partial charge in [0.05, 0.1) is 5.02 Å². The molecule has 3 nitrogen and oxygen atoms in total. The van der Waals surface area contributed by atoms with Crippen LogP contribution in [0.25, 0.3) is 0 Å². The van der Waals surface area contributed by atoms with Crippen LogP contribution in [-0.2, 0) is 0 Å². The first-order valence-corrected chi connectivity index (χ1v) is 5.26. The third-order valence-corrected chi connectivity index (χ3v) is 2.66. The number of aryl methyl sites for hydroxylation is 1. The van der Waals surface area contributed by atoms with Crippen molar-refractivity contribution in [2.75, 3.05) is 0 Å². The fourth-order valence-corrected chi connectivity index (χ4v) is 1.65. The van der Waals surface area contributed by atoms with E-state index >= 15 is 0 Å². The van der Waals surface area contributed by atoms with E-state index in [0.717, 1.165) is 11.3 Å². The van der Waals surface area contributed by atoms with Crippen molar-refractivity contribution >= 4 is 11.6 Å². The summed E-state index contributed by atoms with van der Waals surface area (Å²) in [6.45, 7) is 1.90. The van der Waals surface area contributed by atoms with Crippen LogP contribution < -0.4 is 0 Å². The molecule has 1 N–H and O–H groups in total. The molecule has 0 aliphatic heterocycles. The van der Waals surface area contributed by atoms with E-state index in [1.165, 1.54) is 6.20 Å². The van der Waals surface area contributed by atoms with Gasteiger partial charge in [-0.15, -0.1) is 0 Å². The van der Waals surface area contributed by atoms with Crippen molar-refractivity contribution < 1.29 is 5.11 Å². The Morgan fingerprint density at radius 3 is 2.69 bits per heavy atom. The zero-order valence-corrected chi connectivity index (χ0v) is 9.52. The van der Waals surface area contributed by atoms with Crippen LogP contribution in [-0.4, -0.2) is 15.1 Å². The van der Waals surface area contributed by atoms with Gasteiger partial charge in [-0.1, -0.05) is 17.7 Å². The molecule has 2 heterocycles. The van der Waals surface area contributed by atoms with E-state index in [-0.39, 0.29) is 0 Å². The van der Waals surface area contributed by atoms with Crippen LogP contribution in [0, 0.1) is 6.92 Å². The van der Waals surface area contributed by atoms with E-state index in [0.29, 0.717) is 10.6 Å². The summed E-state index contributed by atoms with van der Waals surface area (Å²) < 4.78 is 0. The quantitative estimate of drug-likeness (QED) is 0.869. The second-order valence-corrected chi connectivity index (χ2v) is 3.94. The molecule has 1 atom stereocenters. The molecule has 0 spiro atoms. The van der Waals surface area contributed by atoms with Gasteiger partial charge in [-0.25, -0.2) is 0 Å². The van der Waals surface area contributed by atoms with Gasteiger partial charge in [0.1, 0.15) is 6.10 Å². The first-order valence-electron chi connectivity index (χ1n) is 4.88. The molecule has 2 aromatic heterocycles. The van der Waals surface area contributed by atoms with Crippen LogP contribution in [0.1, 0.15) is 22.9 Å². The summed E-state index contributed by atoms with van der Waals surface area (Å²) in [5, 5.41) is 10.6. The van der Waals surface area contributed by atoms with Crippen LogP contribution in [0.2, 0.25) is 5.02 Å². The number of aliphatic hydroxyl groups excluding tert-OH is 1. The van der Waals surface area contributed by atoms with Crippen molar-refractivity contribution in [2.45, 2.75) is 13.0 Å². The van der Waals surface area contributed by atoms with Crippen molar-refractivity contribution in [1.82, 2.24) is 9.97 Å². The SMILES string of the molecule is Cc1ccc(C(O)c2ccncc2Cl)cn1. The number of rotatable bonds is 2. The van der Waals surface area contributed by atoms with Gasteiger partial charge in [-0.05, 0) is 19.1 Å². The molecule has 0 saturated carbocycles. The standard InChI is InChI=1S/C12H11ClN2O/c1-8-2-3-9(6-15-8)12(16)10-4-5-14-7-11(10)13/h2-7,12,16H,1H3. The Kier molecular flexibility index (Phi) is 3.17. The molecule has 0 aromatic carbocycles. The fourth-order valence-electron chi connectivity index (χ4n) is 1.43. The summed E-state index contributed by atoms with van der Waals surface area (Å²) in [4.78, 5) is 8.01. The highest BCUT2D eigenvalue weighted by atomic mass is 35.5. The van der Waals surface area contributed by atoms with Gasteiger partial charge in [-0.3, -0.25) is 9.97 Å². The van der Waals surface area contributed by atoms with E-state index < -0.39 is 6.10 Å².